The van der Waals surface area contributed by atoms with Gasteiger partial charge in [0.2, 0.25) is 5.91 Å². The molecular formula is C18H21NO3. The predicted octanol–water partition coefficient (Wildman–Crippen LogP) is 2.67. The number of carbonyl (C=O) groups is 2. The van der Waals surface area contributed by atoms with Crippen molar-refractivity contribution >= 4 is 11.9 Å². The van der Waals surface area contributed by atoms with Gasteiger partial charge in [-0.25, -0.2) is 0 Å². The summed E-state index contributed by atoms with van der Waals surface area (Å²) < 4.78 is 0. The average Bonchev–Trinajstić information content (AvgIpc) is 3.01. The molecule has 116 valence electrons. The molecule has 0 bridgehead atoms. The molecule has 1 aliphatic carbocycles. The number of hydrogen-bond donors (Lipinski definition) is 1. The number of hydrogen-bond acceptors (Lipinski definition) is 2. The number of nitrogens with zero attached hydrogens (tertiary/aromatic N) is 1. The quantitative estimate of drug-likeness (QED) is 0.873. The number of benzene rings is 1. The van der Waals surface area contributed by atoms with E-state index >= 15 is 0 Å². The van der Waals surface area contributed by atoms with Crippen LogP contribution in [-0.4, -0.2) is 35.0 Å². The zero-order valence-corrected chi connectivity index (χ0v) is 12.5. The molecule has 4 nitrogen and oxygen atoms in total. The van der Waals surface area contributed by atoms with E-state index in [9.17, 15) is 14.7 Å². The van der Waals surface area contributed by atoms with Crippen LogP contribution in [0.3, 0.4) is 0 Å². The van der Waals surface area contributed by atoms with E-state index < -0.39 is 11.9 Å². The number of carboxylic acids is 1. The molecule has 1 aromatic rings. The Kier molecular flexibility index (Phi) is 4.27. The first-order valence-electron chi connectivity index (χ1n) is 7.88. The second-order valence-corrected chi connectivity index (χ2v) is 6.19. The maximum atomic E-state index is 12.6. The van der Waals surface area contributed by atoms with Crippen LogP contribution in [-0.2, 0) is 9.59 Å². The topological polar surface area (TPSA) is 57.6 Å². The summed E-state index contributed by atoms with van der Waals surface area (Å²) >= 11 is 0. The van der Waals surface area contributed by atoms with Gasteiger partial charge in [-0.3, -0.25) is 9.59 Å². The summed E-state index contributed by atoms with van der Waals surface area (Å²) in [7, 11) is 0. The summed E-state index contributed by atoms with van der Waals surface area (Å²) in [5.74, 6) is -1.29. The van der Waals surface area contributed by atoms with Gasteiger partial charge in [-0.1, -0.05) is 42.5 Å². The number of allylic oxidation sites excluding steroid dienone is 2. The first-order chi connectivity index (χ1) is 10.7. The van der Waals surface area contributed by atoms with Gasteiger partial charge in [0.15, 0.2) is 0 Å². The second kappa shape index (κ2) is 6.34. The van der Waals surface area contributed by atoms with Gasteiger partial charge in [0.25, 0.3) is 0 Å². The van der Waals surface area contributed by atoms with Crippen molar-refractivity contribution in [1.82, 2.24) is 4.90 Å². The van der Waals surface area contributed by atoms with E-state index in [2.05, 4.69) is 12.2 Å². The minimum atomic E-state index is -0.812. The summed E-state index contributed by atoms with van der Waals surface area (Å²) in [5.41, 5.74) is 1.01. The largest absolute Gasteiger partial charge is 0.481 e. The van der Waals surface area contributed by atoms with Crippen LogP contribution in [0.2, 0.25) is 0 Å². The lowest BCUT2D eigenvalue weighted by Crippen LogP contribution is -2.35. The summed E-state index contributed by atoms with van der Waals surface area (Å²) in [5, 5.41) is 9.51. The molecule has 0 aromatic heterocycles. The number of amides is 1. The van der Waals surface area contributed by atoms with E-state index in [1.807, 2.05) is 30.3 Å². The molecule has 2 aliphatic rings. The van der Waals surface area contributed by atoms with Crippen LogP contribution >= 0.6 is 0 Å². The monoisotopic (exact) mass is 299 g/mol. The van der Waals surface area contributed by atoms with Crippen molar-refractivity contribution in [1.29, 1.82) is 0 Å². The normalized spacial score (nSPS) is 27.8. The fourth-order valence-electron chi connectivity index (χ4n) is 3.55. The fraction of sp³-hybridized carbons (Fsp3) is 0.444. The molecule has 3 rings (SSSR count). The van der Waals surface area contributed by atoms with Crippen LogP contribution in [0.15, 0.2) is 42.5 Å². The van der Waals surface area contributed by atoms with E-state index in [0.717, 1.165) is 24.8 Å². The average molecular weight is 299 g/mol. The Morgan fingerprint density at radius 3 is 2.50 bits per heavy atom. The number of aliphatic carboxylic acids is 1. The minimum absolute atomic E-state index is 0.0222. The standard InChI is InChI=1S/C18H21NO3/c20-17(14-9-5-2-6-10-14)19-11-15(16(12-19)18(21)22)13-7-3-1-4-8-13/h1-5,7-8,14-16H,6,9-12H2,(H,21,22)/t14-,15+,16+/m0/s1. The van der Waals surface area contributed by atoms with E-state index in [0.29, 0.717) is 13.1 Å². The lowest BCUT2D eigenvalue weighted by Gasteiger charge is -2.24. The number of carboxylic acid groups (broad SMARTS) is 1. The van der Waals surface area contributed by atoms with Crippen LogP contribution in [0.1, 0.15) is 30.7 Å². The molecule has 1 amide bonds. The molecule has 0 spiro atoms. The Labute approximate surface area is 130 Å². The molecule has 1 fully saturated rings. The Morgan fingerprint density at radius 1 is 1.09 bits per heavy atom. The van der Waals surface area contributed by atoms with E-state index in [-0.39, 0.29) is 17.7 Å². The van der Waals surface area contributed by atoms with Crippen molar-refractivity contribution in [2.45, 2.75) is 25.2 Å². The maximum Gasteiger partial charge on any atom is 0.308 e. The summed E-state index contributed by atoms with van der Waals surface area (Å²) in [6.07, 6.45) is 6.77. The molecule has 1 saturated heterocycles. The Balaban J connectivity index is 1.77. The van der Waals surface area contributed by atoms with Crippen molar-refractivity contribution in [3.05, 3.63) is 48.0 Å². The van der Waals surface area contributed by atoms with Crippen LogP contribution in [0.4, 0.5) is 0 Å². The van der Waals surface area contributed by atoms with Gasteiger partial charge in [-0.15, -0.1) is 0 Å². The van der Waals surface area contributed by atoms with Crippen molar-refractivity contribution < 1.29 is 14.7 Å². The highest BCUT2D eigenvalue weighted by Crippen LogP contribution is 2.34. The predicted molar refractivity (Wildman–Crippen MR) is 83.4 cm³/mol. The van der Waals surface area contributed by atoms with Gasteiger partial charge in [0, 0.05) is 24.9 Å². The number of rotatable bonds is 3. The third-order valence-corrected chi connectivity index (χ3v) is 4.79. The zero-order valence-electron chi connectivity index (χ0n) is 12.5. The number of carbonyl (C=O) groups excluding carboxylic acids is 1. The zero-order chi connectivity index (χ0) is 15.5. The van der Waals surface area contributed by atoms with E-state index in [1.165, 1.54) is 0 Å². The molecular weight excluding hydrogens is 278 g/mol. The molecule has 1 aliphatic heterocycles. The molecule has 1 aromatic carbocycles. The Morgan fingerprint density at radius 2 is 1.86 bits per heavy atom. The van der Waals surface area contributed by atoms with Crippen LogP contribution in [0.5, 0.6) is 0 Å². The highest BCUT2D eigenvalue weighted by Gasteiger charge is 2.41. The molecule has 0 radical (unpaired) electrons. The molecule has 22 heavy (non-hydrogen) atoms. The second-order valence-electron chi connectivity index (χ2n) is 6.19. The molecule has 3 atom stereocenters. The maximum absolute atomic E-state index is 12.6. The first-order valence-corrected chi connectivity index (χ1v) is 7.88. The van der Waals surface area contributed by atoms with Crippen LogP contribution < -0.4 is 0 Å². The Bertz CT molecular complexity index is 581. The Hall–Kier alpha value is -2.10. The number of likely N-dealkylation sites (tertiary alicyclic amines) is 1. The van der Waals surface area contributed by atoms with Crippen molar-refractivity contribution in [2.24, 2.45) is 11.8 Å². The lowest BCUT2D eigenvalue weighted by atomic mass is 9.89. The van der Waals surface area contributed by atoms with Crippen molar-refractivity contribution in [2.75, 3.05) is 13.1 Å². The lowest BCUT2D eigenvalue weighted by molar-refractivity contribution is -0.142. The highest BCUT2D eigenvalue weighted by atomic mass is 16.4. The van der Waals surface area contributed by atoms with Crippen LogP contribution in [0, 0.1) is 11.8 Å². The minimum Gasteiger partial charge on any atom is -0.481 e. The third kappa shape index (κ3) is 2.91. The summed E-state index contributed by atoms with van der Waals surface area (Å²) in [6, 6.07) is 9.68. The van der Waals surface area contributed by atoms with Crippen LogP contribution in [0.25, 0.3) is 0 Å². The highest BCUT2D eigenvalue weighted by molar-refractivity contribution is 5.81. The van der Waals surface area contributed by atoms with Gasteiger partial charge in [0.1, 0.15) is 0 Å². The third-order valence-electron chi connectivity index (χ3n) is 4.79. The smallest absolute Gasteiger partial charge is 0.308 e. The van der Waals surface area contributed by atoms with Gasteiger partial charge in [0.05, 0.1) is 5.92 Å². The molecule has 4 heteroatoms. The first kappa shape index (κ1) is 14.8. The fourth-order valence-corrected chi connectivity index (χ4v) is 3.55. The summed E-state index contributed by atoms with van der Waals surface area (Å²) in [6.45, 7) is 0.841. The molecule has 0 unspecified atom stereocenters. The van der Waals surface area contributed by atoms with Crippen molar-refractivity contribution in [3.8, 4) is 0 Å². The van der Waals surface area contributed by atoms with Gasteiger partial charge >= 0.3 is 5.97 Å². The van der Waals surface area contributed by atoms with Gasteiger partial charge in [-0.05, 0) is 24.8 Å². The molecule has 1 N–H and O–H groups in total. The van der Waals surface area contributed by atoms with Crippen molar-refractivity contribution in [3.63, 3.8) is 0 Å². The van der Waals surface area contributed by atoms with E-state index in [4.69, 9.17) is 0 Å². The SMILES string of the molecule is O=C(O)[C@@H]1CN(C(=O)[C@H]2CC=CCC2)C[C@@H]1c1ccccc1. The summed E-state index contributed by atoms with van der Waals surface area (Å²) in [4.78, 5) is 26.0. The van der Waals surface area contributed by atoms with E-state index in [1.54, 1.807) is 4.90 Å². The van der Waals surface area contributed by atoms with Gasteiger partial charge in [-0.2, -0.15) is 0 Å². The molecule has 0 saturated carbocycles. The molecule has 1 heterocycles. The van der Waals surface area contributed by atoms with Gasteiger partial charge < -0.3 is 10.0 Å².